The zero-order valence-corrected chi connectivity index (χ0v) is 13.3. The van der Waals surface area contributed by atoms with Crippen molar-refractivity contribution in [1.29, 1.82) is 0 Å². The van der Waals surface area contributed by atoms with E-state index in [1.165, 1.54) is 16.9 Å². The molecule has 0 fully saturated rings. The molecule has 0 aliphatic heterocycles. The minimum atomic E-state index is -0.560. The summed E-state index contributed by atoms with van der Waals surface area (Å²) in [5.74, 6) is -0.260. The molecule has 2 rings (SSSR count). The van der Waals surface area contributed by atoms with Crippen molar-refractivity contribution < 1.29 is 14.3 Å². The molecular formula is C16H18N2O3S. The molecule has 1 heterocycles. The number of hydrogen-bond acceptors (Lipinski definition) is 4. The number of benzene rings is 1. The highest BCUT2D eigenvalue weighted by molar-refractivity contribution is 7.16. The summed E-state index contributed by atoms with van der Waals surface area (Å²) in [6.07, 6.45) is 0.953. The van der Waals surface area contributed by atoms with Gasteiger partial charge in [0.2, 0.25) is 0 Å². The van der Waals surface area contributed by atoms with Crippen LogP contribution in [0.3, 0.4) is 0 Å². The van der Waals surface area contributed by atoms with E-state index in [1.807, 2.05) is 31.2 Å². The molecule has 0 spiro atoms. The summed E-state index contributed by atoms with van der Waals surface area (Å²) in [7, 11) is 0. The molecule has 5 nitrogen and oxygen atoms in total. The number of anilines is 1. The van der Waals surface area contributed by atoms with Crippen LogP contribution in [0.1, 0.15) is 27.7 Å². The van der Waals surface area contributed by atoms with Crippen molar-refractivity contribution >= 4 is 28.2 Å². The maximum absolute atomic E-state index is 11.9. The Hall–Kier alpha value is -2.34. The smallest absolute Gasteiger partial charge is 0.262 e. The predicted octanol–water partition coefficient (Wildman–Crippen LogP) is 2.74. The Morgan fingerprint density at radius 2 is 1.95 bits per heavy atom. The monoisotopic (exact) mass is 318 g/mol. The largest absolute Gasteiger partial charge is 0.484 e. The standard InChI is InChI=1S/C16H18N2O3S/c1-3-11-4-6-12(7-5-11)21-9-14(19)18-16-13(15(17)20)8-10(2)22-16/h4-8H,3,9H2,1-2H3,(H2,17,20)(H,18,19). The number of amides is 2. The van der Waals surface area contributed by atoms with Crippen molar-refractivity contribution in [2.24, 2.45) is 5.73 Å². The van der Waals surface area contributed by atoms with Crippen LogP contribution in [-0.4, -0.2) is 18.4 Å². The number of primary amides is 1. The van der Waals surface area contributed by atoms with E-state index >= 15 is 0 Å². The lowest BCUT2D eigenvalue weighted by Gasteiger charge is -2.07. The van der Waals surface area contributed by atoms with Crippen LogP contribution in [0.2, 0.25) is 0 Å². The molecule has 0 saturated carbocycles. The van der Waals surface area contributed by atoms with Gasteiger partial charge in [0.1, 0.15) is 10.8 Å². The first-order valence-corrected chi connectivity index (χ1v) is 7.73. The van der Waals surface area contributed by atoms with Crippen molar-refractivity contribution in [3.63, 3.8) is 0 Å². The SMILES string of the molecule is CCc1ccc(OCC(=O)Nc2sc(C)cc2C(N)=O)cc1. The molecule has 0 unspecified atom stereocenters. The molecule has 0 atom stereocenters. The molecule has 1 aromatic heterocycles. The molecular weight excluding hydrogens is 300 g/mol. The second-order valence-corrected chi connectivity index (χ2v) is 6.05. The molecule has 6 heteroatoms. The molecule has 0 saturated heterocycles. The molecule has 22 heavy (non-hydrogen) atoms. The number of hydrogen-bond donors (Lipinski definition) is 2. The Bertz CT molecular complexity index is 677. The summed E-state index contributed by atoms with van der Waals surface area (Å²) < 4.78 is 5.42. The summed E-state index contributed by atoms with van der Waals surface area (Å²) in [6.45, 7) is 3.79. The summed E-state index contributed by atoms with van der Waals surface area (Å²) in [6, 6.07) is 9.24. The molecule has 0 aliphatic rings. The van der Waals surface area contributed by atoms with Gasteiger partial charge in [0, 0.05) is 4.88 Å². The Kier molecular flexibility index (Phi) is 5.16. The van der Waals surface area contributed by atoms with Gasteiger partial charge in [0.05, 0.1) is 5.56 Å². The van der Waals surface area contributed by atoms with Gasteiger partial charge >= 0.3 is 0 Å². The van der Waals surface area contributed by atoms with Gasteiger partial charge in [-0.1, -0.05) is 19.1 Å². The van der Waals surface area contributed by atoms with Gasteiger partial charge in [-0.3, -0.25) is 9.59 Å². The van der Waals surface area contributed by atoms with Crippen molar-refractivity contribution in [2.75, 3.05) is 11.9 Å². The second kappa shape index (κ2) is 7.09. The third-order valence-corrected chi connectivity index (χ3v) is 4.04. The average Bonchev–Trinajstić information content (AvgIpc) is 2.86. The van der Waals surface area contributed by atoms with E-state index in [0.717, 1.165) is 11.3 Å². The highest BCUT2D eigenvalue weighted by atomic mass is 32.1. The lowest BCUT2D eigenvalue weighted by atomic mass is 10.2. The molecule has 3 N–H and O–H groups in total. The van der Waals surface area contributed by atoms with E-state index in [4.69, 9.17) is 10.5 Å². The fourth-order valence-corrected chi connectivity index (χ4v) is 2.86. The van der Waals surface area contributed by atoms with E-state index in [2.05, 4.69) is 12.2 Å². The van der Waals surface area contributed by atoms with Crippen LogP contribution in [0.25, 0.3) is 0 Å². The van der Waals surface area contributed by atoms with Crippen molar-refractivity contribution in [3.05, 3.63) is 46.3 Å². The third-order valence-electron chi connectivity index (χ3n) is 3.08. The normalized spacial score (nSPS) is 10.3. The van der Waals surface area contributed by atoms with Gasteiger partial charge in [-0.25, -0.2) is 0 Å². The van der Waals surface area contributed by atoms with Gasteiger partial charge in [-0.05, 0) is 37.1 Å². The Labute approximate surface area is 133 Å². The summed E-state index contributed by atoms with van der Waals surface area (Å²) in [5.41, 5.74) is 6.81. The molecule has 116 valence electrons. The highest BCUT2D eigenvalue weighted by Gasteiger charge is 2.14. The summed E-state index contributed by atoms with van der Waals surface area (Å²) in [4.78, 5) is 24.1. The zero-order valence-electron chi connectivity index (χ0n) is 12.5. The van der Waals surface area contributed by atoms with Gasteiger partial charge in [0.15, 0.2) is 6.61 Å². The van der Waals surface area contributed by atoms with Gasteiger partial charge < -0.3 is 15.8 Å². The van der Waals surface area contributed by atoms with Crippen molar-refractivity contribution in [2.45, 2.75) is 20.3 Å². The number of nitrogens with two attached hydrogens (primary N) is 1. The third kappa shape index (κ3) is 4.08. The van der Waals surface area contributed by atoms with E-state index in [-0.39, 0.29) is 12.5 Å². The fraction of sp³-hybridized carbons (Fsp3) is 0.250. The quantitative estimate of drug-likeness (QED) is 0.859. The maximum atomic E-state index is 11.9. The second-order valence-electron chi connectivity index (χ2n) is 4.80. The highest BCUT2D eigenvalue weighted by Crippen LogP contribution is 2.27. The fourth-order valence-electron chi connectivity index (χ4n) is 1.92. The number of thiophene rings is 1. The maximum Gasteiger partial charge on any atom is 0.262 e. The number of carbonyl (C=O) groups is 2. The first kappa shape index (κ1) is 16.0. The predicted molar refractivity (Wildman–Crippen MR) is 87.5 cm³/mol. The molecule has 0 aliphatic carbocycles. The summed E-state index contributed by atoms with van der Waals surface area (Å²) >= 11 is 1.31. The molecule has 0 bridgehead atoms. The molecule has 2 amide bonds. The number of nitrogens with one attached hydrogen (secondary N) is 1. The zero-order chi connectivity index (χ0) is 16.1. The van der Waals surface area contributed by atoms with Gasteiger partial charge in [0.25, 0.3) is 11.8 Å². The van der Waals surface area contributed by atoms with Crippen LogP contribution in [0.15, 0.2) is 30.3 Å². The Balaban J connectivity index is 1.94. The number of aryl methyl sites for hydroxylation is 2. The minimum Gasteiger partial charge on any atom is -0.484 e. The number of rotatable bonds is 6. The van der Waals surface area contributed by atoms with E-state index in [9.17, 15) is 9.59 Å². The van der Waals surface area contributed by atoms with E-state index < -0.39 is 5.91 Å². The Morgan fingerprint density at radius 3 is 2.55 bits per heavy atom. The van der Waals surface area contributed by atoms with Crippen LogP contribution in [0.5, 0.6) is 5.75 Å². The van der Waals surface area contributed by atoms with Crippen LogP contribution in [0.4, 0.5) is 5.00 Å². The van der Waals surface area contributed by atoms with Crippen LogP contribution in [-0.2, 0) is 11.2 Å². The molecule has 2 aromatic rings. The van der Waals surface area contributed by atoms with Crippen molar-refractivity contribution in [3.8, 4) is 5.75 Å². The van der Waals surface area contributed by atoms with Crippen LogP contribution < -0.4 is 15.8 Å². The minimum absolute atomic E-state index is 0.124. The van der Waals surface area contributed by atoms with Crippen LogP contribution in [0, 0.1) is 6.92 Å². The number of carbonyl (C=O) groups excluding carboxylic acids is 2. The lowest BCUT2D eigenvalue weighted by Crippen LogP contribution is -2.21. The molecule has 0 radical (unpaired) electrons. The lowest BCUT2D eigenvalue weighted by molar-refractivity contribution is -0.118. The van der Waals surface area contributed by atoms with E-state index in [1.54, 1.807) is 6.07 Å². The topological polar surface area (TPSA) is 81.4 Å². The average molecular weight is 318 g/mol. The first-order chi connectivity index (χ1) is 10.5. The summed E-state index contributed by atoms with van der Waals surface area (Å²) in [5, 5.41) is 3.12. The van der Waals surface area contributed by atoms with Crippen LogP contribution >= 0.6 is 11.3 Å². The van der Waals surface area contributed by atoms with Gasteiger partial charge in [-0.15, -0.1) is 11.3 Å². The first-order valence-electron chi connectivity index (χ1n) is 6.91. The molecule has 1 aromatic carbocycles. The Morgan fingerprint density at radius 1 is 1.27 bits per heavy atom. The van der Waals surface area contributed by atoms with Gasteiger partial charge in [-0.2, -0.15) is 0 Å². The van der Waals surface area contributed by atoms with E-state index in [0.29, 0.717) is 16.3 Å². The number of ether oxygens (including phenoxy) is 1. The van der Waals surface area contributed by atoms with Crippen molar-refractivity contribution in [1.82, 2.24) is 0 Å².